The van der Waals surface area contributed by atoms with Crippen LogP contribution in [0.2, 0.25) is 0 Å². The second-order valence-electron chi connectivity index (χ2n) is 5.76. The van der Waals surface area contributed by atoms with Gasteiger partial charge in [0.05, 0.1) is 0 Å². The van der Waals surface area contributed by atoms with Gasteiger partial charge in [-0.1, -0.05) is 32.6 Å². The lowest BCUT2D eigenvalue weighted by atomic mass is 10.1. The SMILES string of the molecule is CCCCCCCN1CCCC(OC(=O)N(C)C)C1. The minimum Gasteiger partial charge on any atom is -0.445 e. The van der Waals surface area contributed by atoms with Crippen LogP contribution in [0.1, 0.15) is 51.9 Å². The van der Waals surface area contributed by atoms with E-state index in [0.29, 0.717) is 0 Å². The van der Waals surface area contributed by atoms with Crippen LogP contribution in [0, 0.1) is 0 Å². The summed E-state index contributed by atoms with van der Waals surface area (Å²) in [7, 11) is 3.47. The quantitative estimate of drug-likeness (QED) is 0.666. The molecule has 4 nitrogen and oxygen atoms in total. The third-order valence-electron chi connectivity index (χ3n) is 3.67. The zero-order valence-electron chi connectivity index (χ0n) is 12.9. The summed E-state index contributed by atoms with van der Waals surface area (Å²) >= 11 is 0. The van der Waals surface area contributed by atoms with Gasteiger partial charge in [0, 0.05) is 20.6 Å². The molecule has 1 fully saturated rings. The maximum Gasteiger partial charge on any atom is 0.409 e. The molecule has 1 atom stereocenters. The second kappa shape index (κ2) is 9.18. The molecule has 4 heteroatoms. The lowest BCUT2D eigenvalue weighted by Crippen LogP contribution is -2.42. The largest absolute Gasteiger partial charge is 0.445 e. The molecule has 1 aliphatic heterocycles. The molecule has 1 amide bonds. The highest BCUT2D eigenvalue weighted by molar-refractivity contribution is 5.66. The van der Waals surface area contributed by atoms with Gasteiger partial charge in [-0.05, 0) is 32.4 Å². The van der Waals surface area contributed by atoms with Crippen LogP contribution in [0.4, 0.5) is 4.79 Å². The van der Waals surface area contributed by atoms with E-state index >= 15 is 0 Å². The van der Waals surface area contributed by atoms with Crippen molar-refractivity contribution >= 4 is 6.09 Å². The Morgan fingerprint density at radius 1 is 1.26 bits per heavy atom. The zero-order valence-corrected chi connectivity index (χ0v) is 12.9. The van der Waals surface area contributed by atoms with E-state index < -0.39 is 0 Å². The normalized spacial score (nSPS) is 20.3. The third kappa shape index (κ3) is 6.81. The number of unbranched alkanes of at least 4 members (excludes halogenated alkanes) is 4. The summed E-state index contributed by atoms with van der Waals surface area (Å²) in [5.74, 6) is 0. The number of piperidine rings is 1. The molecule has 0 aromatic rings. The monoisotopic (exact) mass is 270 g/mol. The van der Waals surface area contributed by atoms with Crippen molar-refractivity contribution in [1.29, 1.82) is 0 Å². The van der Waals surface area contributed by atoms with Gasteiger partial charge >= 0.3 is 6.09 Å². The van der Waals surface area contributed by atoms with Crippen LogP contribution in [-0.4, -0.2) is 55.7 Å². The van der Waals surface area contributed by atoms with E-state index in [2.05, 4.69) is 11.8 Å². The maximum atomic E-state index is 11.5. The van der Waals surface area contributed by atoms with Crippen molar-refractivity contribution in [3.63, 3.8) is 0 Å². The van der Waals surface area contributed by atoms with Crippen molar-refractivity contribution in [2.24, 2.45) is 0 Å². The summed E-state index contributed by atoms with van der Waals surface area (Å²) < 4.78 is 5.47. The molecule has 19 heavy (non-hydrogen) atoms. The molecule has 1 aliphatic rings. The predicted molar refractivity (Wildman–Crippen MR) is 78.4 cm³/mol. The zero-order chi connectivity index (χ0) is 14.1. The molecule has 1 unspecified atom stereocenters. The van der Waals surface area contributed by atoms with Gasteiger partial charge in [-0.2, -0.15) is 0 Å². The second-order valence-corrected chi connectivity index (χ2v) is 5.76. The summed E-state index contributed by atoms with van der Waals surface area (Å²) in [6.07, 6.45) is 8.61. The fourth-order valence-corrected chi connectivity index (χ4v) is 2.50. The Hall–Kier alpha value is -0.770. The summed E-state index contributed by atoms with van der Waals surface area (Å²) in [6.45, 7) is 5.46. The van der Waals surface area contributed by atoms with Crippen LogP contribution < -0.4 is 0 Å². The van der Waals surface area contributed by atoms with E-state index in [1.165, 1.54) is 37.0 Å². The first kappa shape index (κ1) is 16.3. The summed E-state index contributed by atoms with van der Waals surface area (Å²) in [4.78, 5) is 15.5. The van der Waals surface area contributed by atoms with Gasteiger partial charge in [0.2, 0.25) is 0 Å². The molecule has 0 aromatic carbocycles. The number of carbonyl (C=O) groups is 1. The first-order chi connectivity index (χ1) is 9.13. The molecule has 0 spiro atoms. The number of rotatable bonds is 7. The van der Waals surface area contributed by atoms with Crippen molar-refractivity contribution in [2.45, 2.75) is 58.0 Å². The van der Waals surface area contributed by atoms with Gasteiger partial charge in [-0.25, -0.2) is 4.79 Å². The first-order valence-corrected chi connectivity index (χ1v) is 7.73. The maximum absolute atomic E-state index is 11.5. The van der Waals surface area contributed by atoms with Crippen LogP contribution in [0.25, 0.3) is 0 Å². The average molecular weight is 270 g/mol. The van der Waals surface area contributed by atoms with Gasteiger partial charge in [0.1, 0.15) is 6.10 Å². The highest BCUT2D eigenvalue weighted by atomic mass is 16.6. The van der Waals surface area contributed by atoms with Crippen LogP contribution in [0.3, 0.4) is 0 Å². The van der Waals surface area contributed by atoms with Crippen LogP contribution in [-0.2, 0) is 4.74 Å². The molecule has 1 heterocycles. The number of ether oxygens (including phenoxy) is 1. The molecule has 0 aliphatic carbocycles. The number of hydrogen-bond donors (Lipinski definition) is 0. The Morgan fingerprint density at radius 2 is 2.00 bits per heavy atom. The van der Waals surface area contributed by atoms with E-state index in [9.17, 15) is 4.79 Å². The van der Waals surface area contributed by atoms with E-state index in [1.54, 1.807) is 14.1 Å². The van der Waals surface area contributed by atoms with Gasteiger partial charge in [-0.3, -0.25) is 4.90 Å². The van der Waals surface area contributed by atoms with Crippen molar-refractivity contribution in [3.05, 3.63) is 0 Å². The summed E-state index contributed by atoms with van der Waals surface area (Å²) in [5.41, 5.74) is 0. The Kier molecular flexibility index (Phi) is 7.87. The van der Waals surface area contributed by atoms with E-state index in [4.69, 9.17) is 4.74 Å². The molecule has 0 bridgehead atoms. The smallest absolute Gasteiger partial charge is 0.409 e. The van der Waals surface area contributed by atoms with Gasteiger partial charge in [-0.15, -0.1) is 0 Å². The molecule has 1 saturated heterocycles. The summed E-state index contributed by atoms with van der Waals surface area (Å²) in [5, 5.41) is 0. The molecule has 0 N–H and O–H groups in total. The summed E-state index contributed by atoms with van der Waals surface area (Å²) in [6, 6.07) is 0. The minimum atomic E-state index is -0.213. The van der Waals surface area contributed by atoms with Crippen molar-refractivity contribution < 1.29 is 9.53 Å². The number of hydrogen-bond acceptors (Lipinski definition) is 3. The standard InChI is InChI=1S/C15H30N2O2/c1-4-5-6-7-8-11-17-12-9-10-14(13-17)19-15(18)16(2)3/h14H,4-13H2,1-3H3. The lowest BCUT2D eigenvalue weighted by molar-refractivity contribution is 0.0282. The molecule has 0 aromatic heterocycles. The van der Waals surface area contributed by atoms with Crippen molar-refractivity contribution in [3.8, 4) is 0 Å². The van der Waals surface area contributed by atoms with Gasteiger partial charge in [0.15, 0.2) is 0 Å². The number of nitrogens with zero attached hydrogens (tertiary/aromatic N) is 2. The van der Waals surface area contributed by atoms with Crippen LogP contribution >= 0.6 is 0 Å². The van der Waals surface area contributed by atoms with E-state index in [0.717, 1.165) is 32.5 Å². The minimum absolute atomic E-state index is 0.0827. The highest BCUT2D eigenvalue weighted by Crippen LogP contribution is 2.15. The van der Waals surface area contributed by atoms with Crippen molar-refractivity contribution in [2.75, 3.05) is 33.7 Å². The Balaban J connectivity index is 2.17. The van der Waals surface area contributed by atoms with Crippen molar-refractivity contribution in [1.82, 2.24) is 9.80 Å². The van der Waals surface area contributed by atoms with Gasteiger partial charge in [0.25, 0.3) is 0 Å². The average Bonchev–Trinajstić information content (AvgIpc) is 2.39. The molecule has 1 rings (SSSR count). The topological polar surface area (TPSA) is 32.8 Å². The third-order valence-corrected chi connectivity index (χ3v) is 3.67. The fourth-order valence-electron chi connectivity index (χ4n) is 2.50. The number of carbonyl (C=O) groups excluding carboxylic acids is 1. The van der Waals surface area contributed by atoms with E-state index in [1.807, 2.05) is 0 Å². The molecule has 0 saturated carbocycles. The molecule has 112 valence electrons. The number of likely N-dealkylation sites (tertiary alicyclic amines) is 1. The Bertz CT molecular complexity index is 257. The Morgan fingerprint density at radius 3 is 2.68 bits per heavy atom. The first-order valence-electron chi connectivity index (χ1n) is 7.73. The van der Waals surface area contributed by atoms with Gasteiger partial charge < -0.3 is 9.64 Å². The lowest BCUT2D eigenvalue weighted by Gasteiger charge is -2.32. The Labute approximate surface area is 118 Å². The molecule has 0 radical (unpaired) electrons. The molecular weight excluding hydrogens is 240 g/mol. The fraction of sp³-hybridized carbons (Fsp3) is 0.933. The van der Waals surface area contributed by atoms with Crippen LogP contribution in [0.5, 0.6) is 0 Å². The molecular formula is C15H30N2O2. The van der Waals surface area contributed by atoms with Crippen LogP contribution in [0.15, 0.2) is 0 Å². The number of amides is 1. The predicted octanol–water partition coefficient (Wildman–Crippen LogP) is 3.12. The highest BCUT2D eigenvalue weighted by Gasteiger charge is 2.23. The van der Waals surface area contributed by atoms with E-state index in [-0.39, 0.29) is 12.2 Å².